The molecule has 0 aliphatic carbocycles. The van der Waals surface area contributed by atoms with Gasteiger partial charge in [0.1, 0.15) is 17.2 Å². The average molecular weight is 484 g/mol. The number of aromatic nitrogens is 2. The molecule has 1 atom stereocenters. The van der Waals surface area contributed by atoms with Crippen LogP contribution in [0.25, 0.3) is 16.8 Å². The number of hydrogen-bond donors (Lipinski definition) is 0. The van der Waals surface area contributed by atoms with Crippen LogP contribution in [0.2, 0.25) is 0 Å². The fraction of sp³-hybridized carbons (Fsp3) is 0.500. The van der Waals surface area contributed by atoms with Crippen molar-refractivity contribution in [2.75, 3.05) is 65.7 Å². The topological polar surface area (TPSA) is 75.9 Å². The Labute approximate surface area is 205 Å². The molecule has 2 aliphatic heterocycles. The summed E-state index contributed by atoms with van der Waals surface area (Å²) in [5.41, 5.74) is 4.56. The summed E-state index contributed by atoms with van der Waals surface area (Å²) < 4.78 is 36.5. The van der Waals surface area contributed by atoms with Gasteiger partial charge in [-0.2, -0.15) is 0 Å². The van der Waals surface area contributed by atoms with Crippen molar-refractivity contribution in [1.29, 1.82) is 0 Å². The predicted molar refractivity (Wildman–Crippen MR) is 132 cm³/mol. The van der Waals surface area contributed by atoms with Gasteiger partial charge in [-0.05, 0) is 43.2 Å². The van der Waals surface area contributed by atoms with Gasteiger partial charge in [0, 0.05) is 19.1 Å². The largest absolute Gasteiger partial charge is 0.496 e. The number of benzene rings is 1. The SMILES string of the molecule is COc1cc(C)cc(OC)c1-c1cccc2c(N(CC3CCOC3)CC3OCCO3)c(OC)nn12. The van der Waals surface area contributed by atoms with E-state index in [0.29, 0.717) is 31.6 Å². The molecule has 2 fully saturated rings. The zero-order chi connectivity index (χ0) is 24.4. The van der Waals surface area contributed by atoms with Gasteiger partial charge in [0.2, 0.25) is 0 Å². The van der Waals surface area contributed by atoms with Crippen molar-refractivity contribution in [2.45, 2.75) is 19.6 Å². The van der Waals surface area contributed by atoms with E-state index in [1.807, 2.05) is 35.7 Å². The van der Waals surface area contributed by atoms with E-state index in [1.54, 1.807) is 21.3 Å². The Morgan fingerprint density at radius 2 is 1.74 bits per heavy atom. The number of pyridine rings is 1. The van der Waals surface area contributed by atoms with Crippen molar-refractivity contribution in [3.8, 4) is 28.6 Å². The van der Waals surface area contributed by atoms with E-state index in [9.17, 15) is 0 Å². The van der Waals surface area contributed by atoms with Crippen molar-refractivity contribution in [3.05, 3.63) is 35.9 Å². The van der Waals surface area contributed by atoms with Crippen molar-refractivity contribution >= 4 is 11.2 Å². The number of fused-ring (bicyclic) bond motifs is 1. The van der Waals surface area contributed by atoms with E-state index in [4.69, 9.17) is 33.5 Å². The molecule has 1 aromatic carbocycles. The van der Waals surface area contributed by atoms with Gasteiger partial charge in [-0.1, -0.05) is 6.07 Å². The van der Waals surface area contributed by atoms with Crippen molar-refractivity contribution in [3.63, 3.8) is 0 Å². The summed E-state index contributed by atoms with van der Waals surface area (Å²) in [5.74, 6) is 2.40. The Kier molecular flexibility index (Phi) is 6.99. The zero-order valence-corrected chi connectivity index (χ0v) is 20.8. The van der Waals surface area contributed by atoms with E-state index >= 15 is 0 Å². The molecule has 35 heavy (non-hydrogen) atoms. The molecule has 188 valence electrons. The molecule has 2 aliphatic rings. The Bertz CT molecular complexity index is 1120. The molecule has 1 unspecified atom stereocenters. The first-order chi connectivity index (χ1) is 17.1. The highest BCUT2D eigenvalue weighted by molar-refractivity contribution is 5.84. The van der Waals surface area contributed by atoms with Crippen LogP contribution in [-0.2, 0) is 14.2 Å². The maximum atomic E-state index is 5.81. The van der Waals surface area contributed by atoms with Crippen molar-refractivity contribution < 1.29 is 28.4 Å². The first kappa shape index (κ1) is 23.7. The molecular weight excluding hydrogens is 450 g/mol. The fourth-order valence-electron chi connectivity index (χ4n) is 4.94. The Balaban J connectivity index is 1.65. The molecule has 0 N–H and O–H groups in total. The number of ether oxygens (including phenoxy) is 6. The summed E-state index contributed by atoms with van der Waals surface area (Å²) in [4.78, 5) is 2.27. The quantitative estimate of drug-likeness (QED) is 0.458. The number of hydrogen-bond acceptors (Lipinski definition) is 8. The van der Waals surface area contributed by atoms with Gasteiger partial charge in [-0.3, -0.25) is 0 Å². The Morgan fingerprint density at radius 1 is 1.00 bits per heavy atom. The number of methoxy groups -OCH3 is 3. The summed E-state index contributed by atoms with van der Waals surface area (Å²) in [6.45, 7) is 6.13. The normalized spacial score (nSPS) is 18.3. The van der Waals surface area contributed by atoms with Crippen LogP contribution in [0.4, 0.5) is 5.69 Å². The van der Waals surface area contributed by atoms with Crippen molar-refractivity contribution in [1.82, 2.24) is 9.61 Å². The van der Waals surface area contributed by atoms with Gasteiger partial charge in [-0.15, -0.1) is 5.10 Å². The number of rotatable bonds is 9. The predicted octanol–water partition coefficient (Wildman–Crippen LogP) is 3.55. The molecule has 9 heteroatoms. The van der Waals surface area contributed by atoms with Gasteiger partial charge in [0.05, 0.1) is 64.5 Å². The molecule has 0 radical (unpaired) electrons. The molecule has 0 amide bonds. The van der Waals surface area contributed by atoms with E-state index in [1.165, 1.54) is 0 Å². The molecule has 9 nitrogen and oxygen atoms in total. The molecule has 3 aromatic rings. The van der Waals surface area contributed by atoms with E-state index < -0.39 is 0 Å². The van der Waals surface area contributed by atoms with Gasteiger partial charge in [0.15, 0.2) is 6.29 Å². The Morgan fingerprint density at radius 3 is 2.37 bits per heavy atom. The summed E-state index contributed by atoms with van der Waals surface area (Å²) in [5, 5.41) is 4.88. The highest BCUT2D eigenvalue weighted by Crippen LogP contribution is 2.42. The molecule has 5 rings (SSSR count). The lowest BCUT2D eigenvalue weighted by Crippen LogP contribution is -2.37. The molecule has 0 saturated carbocycles. The molecule has 0 spiro atoms. The molecular formula is C26H33N3O6. The number of nitrogens with zero attached hydrogens (tertiary/aromatic N) is 3. The van der Waals surface area contributed by atoms with Crippen LogP contribution in [0, 0.1) is 12.8 Å². The standard InChI is InChI=1S/C26H33N3O6/c1-17-12-21(30-2)24(22(13-17)31-3)19-6-5-7-20-25(26(32-4)27-29(19)20)28(14-18-8-9-33-16-18)15-23-34-10-11-35-23/h5-7,12-13,18,23H,8-11,14-16H2,1-4H3. The molecule has 4 heterocycles. The third kappa shape index (κ3) is 4.63. The summed E-state index contributed by atoms with van der Waals surface area (Å²) in [6.07, 6.45) is 0.727. The summed E-state index contributed by atoms with van der Waals surface area (Å²) in [7, 11) is 4.98. The average Bonchev–Trinajstić information content (AvgIpc) is 3.64. The van der Waals surface area contributed by atoms with Crippen LogP contribution in [-0.4, -0.2) is 76.8 Å². The fourth-order valence-corrected chi connectivity index (χ4v) is 4.94. The van der Waals surface area contributed by atoms with Crippen LogP contribution >= 0.6 is 0 Å². The second-order valence-corrected chi connectivity index (χ2v) is 8.92. The minimum atomic E-state index is -0.294. The smallest absolute Gasteiger partial charge is 0.257 e. The van der Waals surface area contributed by atoms with Crippen LogP contribution < -0.4 is 19.1 Å². The second kappa shape index (κ2) is 10.3. The van der Waals surface area contributed by atoms with Crippen LogP contribution in [0.3, 0.4) is 0 Å². The second-order valence-electron chi connectivity index (χ2n) is 8.92. The maximum Gasteiger partial charge on any atom is 0.257 e. The highest BCUT2D eigenvalue weighted by atomic mass is 16.7. The third-order valence-corrected chi connectivity index (χ3v) is 6.58. The zero-order valence-electron chi connectivity index (χ0n) is 20.8. The highest BCUT2D eigenvalue weighted by Gasteiger charge is 2.30. The third-order valence-electron chi connectivity index (χ3n) is 6.58. The monoisotopic (exact) mass is 483 g/mol. The maximum absolute atomic E-state index is 5.81. The van der Waals surface area contributed by atoms with Gasteiger partial charge < -0.3 is 33.3 Å². The minimum Gasteiger partial charge on any atom is -0.496 e. The number of anilines is 1. The molecule has 2 aromatic heterocycles. The lowest BCUT2D eigenvalue weighted by atomic mass is 10.1. The molecule has 0 bridgehead atoms. The van der Waals surface area contributed by atoms with Crippen LogP contribution in [0.1, 0.15) is 12.0 Å². The lowest BCUT2D eigenvalue weighted by molar-refractivity contribution is -0.0346. The van der Waals surface area contributed by atoms with E-state index in [-0.39, 0.29) is 6.29 Å². The lowest BCUT2D eigenvalue weighted by Gasteiger charge is -2.28. The number of aryl methyl sites for hydroxylation is 1. The van der Waals surface area contributed by atoms with Gasteiger partial charge >= 0.3 is 0 Å². The minimum absolute atomic E-state index is 0.294. The Hall–Kier alpha value is -3.01. The first-order valence-electron chi connectivity index (χ1n) is 12.0. The van der Waals surface area contributed by atoms with E-state index in [0.717, 1.165) is 65.7 Å². The van der Waals surface area contributed by atoms with E-state index in [2.05, 4.69) is 11.0 Å². The van der Waals surface area contributed by atoms with Crippen molar-refractivity contribution in [2.24, 2.45) is 5.92 Å². The summed E-state index contributed by atoms with van der Waals surface area (Å²) in [6, 6.07) is 10.1. The van der Waals surface area contributed by atoms with Crippen LogP contribution in [0.15, 0.2) is 30.3 Å². The summed E-state index contributed by atoms with van der Waals surface area (Å²) >= 11 is 0. The van der Waals surface area contributed by atoms with Gasteiger partial charge in [0.25, 0.3) is 5.88 Å². The molecule has 2 saturated heterocycles. The first-order valence-corrected chi connectivity index (χ1v) is 12.0. The van der Waals surface area contributed by atoms with Crippen LogP contribution in [0.5, 0.6) is 17.4 Å². The van der Waals surface area contributed by atoms with Gasteiger partial charge in [-0.25, -0.2) is 4.52 Å².